The van der Waals surface area contributed by atoms with Gasteiger partial charge in [-0.3, -0.25) is 4.79 Å². The van der Waals surface area contributed by atoms with Gasteiger partial charge in [-0.25, -0.2) is 18.3 Å². The van der Waals surface area contributed by atoms with Gasteiger partial charge in [0, 0.05) is 18.5 Å². The Hall–Kier alpha value is -3.48. The Morgan fingerprint density at radius 2 is 1.85 bits per heavy atom. The van der Waals surface area contributed by atoms with Gasteiger partial charge in [0.15, 0.2) is 0 Å². The molecule has 0 fully saturated rings. The number of benzene rings is 1. The second-order valence-electron chi connectivity index (χ2n) is 6.86. The smallest absolute Gasteiger partial charge is 0.425 e. The zero-order chi connectivity index (χ0) is 24.5. The summed E-state index contributed by atoms with van der Waals surface area (Å²) in [4.78, 5) is 22.9. The number of carbonyl (C=O) groups is 2. The molecule has 1 unspecified atom stereocenters. The molecule has 0 radical (unpaired) electrons. The van der Waals surface area contributed by atoms with Crippen molar-refractivity contribution in [3.63, 3.8) is 0 Å². The number of halogens is 5. The number of amides is 1. The first-order valence-electron chi connectivity index (χ1n) is 9.21. The number of aryl methyl sites for hydroxylation is 1. The summed E-state index contributed by atoms with van der Waals surface area (Å²) in [5.41, 5.74) is -1.01. The molecule has 33 heavy (non-hydrogen) atoms. The summed E-state index contributed by atoms with van der Waals surface area (Å²) in [6.45, 7) is 1.54. The lowest BCUT2D eigenvalue weighted by molar-refractivity contribution is -0.134. The van der Waals surface area contributed by atoms with Gasteiger partial charge < -0.3 is 15.2 Å². The van der Waals surface area contributed by atoms with Crippen molar-refractivity contribution >= 4 is 23.2 Å². The van der Waals surface area contributed by atoms with Crippen LogP contribution in [0, 0.1) is 0 Å². The van der Waals surface area contributed by atoms with E-state index < -0.39 is 52.5 Å². The van der Waals surface area contributed by atoms with Gasteiger partial charge in [-0.2, -0.15) is 18.3 Å². The molecule has 3 aromatic rings. The molecule has 13 heteroatoms. The van der Waals surface area contributed by atoms with Crippen LogP contribution in [0.15, 0.2) is 35.7 Å². The quantitative estimate of drug-likeness (QED) is 0.433. The van der Waals surface area contributed by atoms with Gasteiger partial charge in [-0.1, -0.05) is 12.1 Å². The number of carboxylic acids is 1. The molecule has 0 aliphatic heterocycles. The normalized spacial score (nSPS) is 12.6. The number of thiophene rings is 1. The van der Waals surface area contributed by atoms with Crippen molar-refractivity contribution in [1.82, 2.24) is 15.1 Å². The van der Waals surface area contributed by atoms with Crippen molar-refractivity contribution in [2.24, 2.45) is 7.05 Å². The van der Waals surface area contributed by atoms with E-state index in [9.17, 15) is 31.5 Å². The maximum absolute atomic E-state index is 13.5. The van der Waals surface area contributed by atoms with E-state index >= 15 is 0 Å². The number of aromatic nitrogens is 2. The Bertz CT molecular complexity index is 1170. The van der Waals surface area contributed by atoms with Crippen molar-refractivity contribution in [3.05, 3.63) is 63.0 Å². The number of nitrogens with one attached hydrogen (secondary N) is 1. The molecule has 176 valence electrons. The van der Waals surface area contributed by atoms with Crippen LogP contribution < -0.4 is 10.1 Å². The number of aromatic carboxylic acids is 1. The molecule has 0 aliphatic carbocycles. The third kappa shape index (κ3) is 5.30. The van der Waals surface area contributed by atoms with E-state index in [1.807, 2.05) is 0 Å². The first-order chi connectivity index (χ1) is 15.4. The molecular weight excluding hydrogens is 473 g/mol. The van der Waals surface area contributed by atoms with Crippen molar-refractivity contribution in [1.29, 1.82) is 0 Å². The second-order valence-corrected chi connectivity index (χ2v) is 7.77. The van der Waals surface area contributed by atoms with E-state index in [1.165, 1.54) is 31.3 Å². The molecule has 2 heterocycles. The van der Waals surface area contributed by atoms with Gasteiger partial charge in [0.2, 0.25) is 5.88 Å². The molecule has 7 nitrogen and oxygen atoms in total. The fourth-order valence-corrected chi connectivity index (χ4v) is 3.59. The predicted molar refractivity (Wildman–Crippen MR) is 107 cm³/mol. The highest BCUT2D eigenvalue weighted by Crippen LogP contribution is 2.39. The largest absolute Gasteiger partial charge is 0.478 e. The Labute approximate surface area is 187 Å². The fraction of sp³-hybridized carbons (Fsp3) is 0.250. The molecule has 0 bridgehead atoms. The van der Waals surface area contributed by atoms with Crippen LogP contribution in [0.1, 0.15) is 56.2 Å². The molecule has 1 atom stereocenters. The highest BCUT2D eigenvalue weighted by Gasteiger charge is 2.34. The van der Waals surface area contributed by atoms with E-state index in [0.29, 0.717) is 23.0 Å². The average molecular weight is 489 g/mol. The van der Waals surface area contributed by atoms with Crippen LogP contribution in [-0.4, -0.2) is 26.8 Å². The highest BCUT2D eigenvalue weighted by molar-refractivity contribution is 7.10. The van der Waals surface area contributed by atoms with Crippen LogP contribution in [-0.2, 0) is 13.2 Å². The molecule has 0 aliphatic rings. The van der Waals surface area contributed by atoms with Gasteiger partial charge in [0.25, 0.3) is 12.3 Å². The van der Waals surface area contributed by atoms with E-state index in [1.54, 1.807) is 6.92 Å². The Balaban J connectivity index is 1.89. The third-order valence-corrected chi connectivity index (χ3v) is 5.48. The standard InChI is InChI=1S/C20H16F5N3O4S/c1-9(10-3-5-11(6-4-10)19(30)31)26-17(29)14-15(16(21)22)27-28(2)18(14)32-12-7-13(33-8-12)20(23,24)25/h3-9,16H,1-2H3,(H,26,29)(H,30,31). The Morgan fingerprint density at radius 1 is 1.21 bits per heavy atom. The van der Waals surface area contributed by atoms with Crippen molar-refractivity contribution < 1.29 is 41.4 Å². The average Bonchev–Trinajstić information content (AvgIpc) is 3.33. The summed E-state index contributed by atoms with van der Waals surface area (Å²) in [5.74, 6) is -2.88. The molecule has 0 spiro atoms. The maximum Gasteiger partial charge on any atom is 0.425 e. The van der Waals surface area contributed by atoms with Crippen LogP contribution in [0.2, 0.25) is 0 Å². The summed E-state index contributed by atoms with van der Waals surface area (Å²) >= 11 is 0.350. The molecule has 1 amide bonds. The van der Waals surface area contributed by atoms with Gasteiger partial charge in [-0.05, 0) is 24.6 Å². The zero-order valence-corrected chi connectivity index (χ0v) is 17.8. The number of carboxylic acid groups (broad SMARTS) is 1. The monoisotopic (exact) mass is 489 g/mol. The van der Waals surface area contributed by atoms with Crippen LogP contribution in [0.4, 0.5) is 22.0 Å². The van der Waals surface area contributed by atoms with Crippen LogP contribution in [0.5, 0.6) is 11.6 Å². The van der Waals surface area contributed by atoms with E-state index in [0.717, 1.165) is 10.1 Å². The fourth-order valence-electron chi connectivity index (χ4n) is 2.91. The second kappa shape index (κ2) is 9.17. The van der Waals surface area contributed by atoms with Gasteiger partial charge in [0.05, 0.1) is 11.6 Å². The summed E-state index contributed by atoms with van der Waals surface area (Å²) in [6, 6.07) is 5.50. The van der Waals surface area contributed by atoms with E-state index in [4.69, 9.17) is 9.84 Å². The summed E-state index contributed by atoms with van der Waals surface area (Å²) < 4.78 is 71.8. The predicted octanol–water partition coefficient (Wildman–Crippen LogP) is 5.42. The number of hydrogen-bond donors (Lipinski definition) is 2. The number of hydrogen-bond acceptors (Lipinski definition) is 5. The number of rotatable bonds is 7. The lowest BCUT2D eigenvalue weighted by atomic mass is 10.1. The number of carbonyl (C=O) groups excluding carboxylic acids is 1. The Kier molecular flexibility index (Phi) is 6.72. The summed E-state index contributed by atoms with van der Waals surface area (Å²) in [5, 5.41) is 16.1. The lowest BCUT2D eigenvalue weighted by Gasteiger charge is -2.15. The minimum Gasteiger partial charge on any atom is -0.478 e. The summed E-state index contributed by atoms with van der Waals surface area (Å²) in [7, 11) is 1.21. The van der Waals surface area contributed by atoms with E-state index in [-0.39, 0.29) is 11.3 Å². The molecule has 3 rings (SSSR count). The lowest BCUT2D eigenvalue weighted by Crippen LogP contribution is -2.27. The SMILES string of the molecule is CC(NC(=O)c1c(C(F)F)nn(C)c1Oc1csc(C(F)(F)F)c1)c1ccc(C(=O)O)cc1. The topological polar surface area (TPSA) is 93.5 Å². The van der Waals surface area contributed by atoms with Crippen molar-refractivity contribution in [3.8, 4) is 11.6 Å². The molecule has 0 saturated carbocycles. The summed E-state index contributed by atoms with van der Waals surface area (Å²) in [6.07, 6.45) is -7.77. The minimum absolute atomic E-state index is 0.0224. The van der Waals surface area contributed by atoms with Gasteiger partial charge in [0.1, 0.15) is 21.9 Å². The molecule has 2 N–H and O–H groups in total. The maximum atomic E-state index is 13.5. The molecule has 1 aromatic carbocycles. The first-order valence-corrected chi connectivity index (χ1v) is 10.1. The number of alkyl halides is 5. The molecule has 0 saturated heterocycles. The van der Waals surface area contributed by atoms with Crippen molar-refractivity contribution in [2.75, 3.05) is 0 Å². The minimum atomic E-state index is -4.61. The van der Waals surface area contributed by atoms with Crippen molar-refractivity contribution in [2.45, 2.75) is 25.6 Å². The van der Waals surface area contributed by atoms with Crippen LogP contribution >= 0.6 is 11.3 Å². The van der Waals surface area contributed by atoms with E-state index in [2.05, 4.69) is 10.4 Å². The third-order valence-electron chi connectivity index (χ3n) is 4.53. The molecule has 2 aromatic heterocycles. The first kappa shape index (κ1) is 24.2. The molecular formula is C20H16F5N3O4S. The Morgan fingerprint density at radius 3 is 2.36 bits per heavy atom. The van der Waals surface area contributed by atoms with Gasteiger partial charge >= 0.3 is 12.1 Å². The number of ether oxygens (including phenoxy) is 1. The highest BCUT2D eigenvalue weighted by atomic mass is 32.1. The zero-order valence-electron chi connectivity index (χ0n) is 17.0. The van der Waals surface area contributed by atoms with Gasteiger partial charge in [-0.15, -0.1) is 11.3 Å². The van der Waals surface area contributed by atoms with Crippen LogP contribution in [0.25, 0.3) is 0 Å². The van der Waals surface area contributed by atoms with Crippen LogP contribution in [0.3, 0.4) is 0 Å². The number of nitrogens with zero attached hydrogens (tertiary/aromatic N) is 2.